The zero-order valence-electron chi connectivity index (χ0n) is 37.4. The van der Waals surface area contributed by atoms with E-state index in [-0.39, 0.29) is 53.2 Å². The number of azide groups is 1. The van der Waals surface area contributed by atoms with Crippen LogP contribution in [0.3, 0.4) is 0 Å². The Morgan fingerprint density at radius 2 is 0.983 bits per heavy atom. The molecule has 0 saturated heterocycles. The summed E-state index contributed by atoms with van der Waals surface area (Å²) in [5, 5.41) is 5.56. The first-order chi connectivity index (χ1) is 28.7. The van der Waals surface area contributed by atoms with Gasteiger partial charge in [0.1, 0.15) is 6.61 Å². The van der Waals surface area contributed by atoms with Gasteiger partial charge in [0.15, 0.2) is 6.10 Å². The molecule has 0 fully saturated rings. The summed E-state index contributed by atoms with van der Waals surface area (Å²) in [6.45, 7) is 2.96. The second-order valence-corrected chi connectivity index (χ2v) is 17.3. The maximum absolute atomic E-state index is 12.7. The van der Waals surface area contributed by atoms with Gasteiger partial charge in [0.2, 0.25) is 0 Å². The SMILES string of the molecule is C.CCCCCCCCCCCCCCCCCC(=O)OC[C@H](COP(=O)(O)OCCNC(=O)OCCN=[N+]=[N-])OC(=O)CCCCCCCCCCCCCCCCC. The number of alkyl carbamates (subject to hydrolysis) is 1. The molecule has 60 heavy (non-hydrogen) atoms. The lowest BCUT2D eigenvalue weighted by Crippen LogP contribution is -2.30. The summed E-state index contributed by atoms with van der Waals surface area (Å²) >= 11 is 0. The predicted molar refractivity (Wildman–Crippen MR) is 242 cm³/mol. The van der Waals surface area contributed by atoms with Gasteiger partial charge in [-0.3, -0.25) is 18.6 Å². The molecule has 14 nitrogen and oxygen atoms in total. The largest absolute Gasteiger partial charge is 0.472 e. The Bertz CT molecular complexity index is 1100. The maximum atomic E-state index is 12.7. The number of nitrogens with one attached hydrogen (secondary N) is 1. The molecule has 0 radical (unpaired) electrons. The molecular formula is C45H89N4O10P. The van der Waals surface area contributed by atoms with Crippen molar-refractivity contribution in [3.63, 3.8) is 0 Å². The van der Waals surface area contributed by atoms with Crippen LogP contribution in [0.15, 0.2) is 5.11 Å². The van der Waals surface area contributed by atoms with E-state index in [1.807, 2.05) is 0 Å². The molecule has 0 aromatic rings. The van der Waals surface area contributed by atoms with Crippen molar-refractivity contribution < 1.29 is 47.1 Å². The molecule has 2 N–H and O–H groups in total. The van der Waals surface area contributed by atoms with Crippen LogP contribution in [0.2, 0.25) is 0 Å². The van der Waals surface area contributed by atoms with E-state index in [9.17, 15) is 23.8 Å². The Labute approximate surface area is 365 Å². The molecule has 0 spiro atoms. The number of hydrogen-bond acceptors (Lipinski definition) is 10. The number of nitrogens with zero attached hydrogens (tertiary/aromatic N) is 3. The van der Waals surface area contributed by atoms with Crippen molar-refractivity contribution in [3.05, 3.63) is 10.4 Å². The lowest BCUT2D eigenvalue weighted by atomic mass is 10.0. The number of rotatable bonds is 45. The minimum absolute atomic E-state index is 0. The zero-order valence-corrected chi connectivity index (χ0v) is 38.3. The standard InChI is InChI=1S/C44H85N4O10P.CH4/c1-3-5-7-9-11-13-15-17-19-21-23-25-27-29-31-33-42(49)55-39-41(40-57-59(52,53)56-38-35-46-44(51)54-37-36-47-48-45)58-43(50)34-32-30-28-26-24-22-20-18-16-14-12-10-8-6-4-2;/h41H,3-40H2,1-2H3,(H,46,51)(H,52,53);1H4/t41-;/m1./s1. The van der Waals surface area contributed by atoms with E-state index >= 15 is 0 Å². The highest BCUT2D eigenvalue weighted by Gasteiger charge is 2.26. The number of amides is 1. The molecule has 0 aromatic carbocycles. The molecule has 0 saturated carbocycles. The van der Waals surface area contributed by atoms with Crippen molar-refractivity contribution in [1.29, 1.82) is 0 Å². The molecular weight excluding hydrogens is 787 g/mol. The van der Waals surface area contributed by atoms with E-state index in [1.54, 1.807) is 0 Å². The molecule has 0 aliphatic rings. The van der Waals surface area contributed by atoms with Gasteiger partial charge in [-0.15, -0.1) is 0 Å². The second-order valence-electron chi connectivity index (χ2n) is 15.8. The van der Waals surface area contributed by atoms with Crippen LogP contribution in [0.1, 0.15) is 227 Å². The van der Waals surface area contributed by atoms with Crippen molar-refractivity contribution in [1.82, 2.24) is 5.32 Å². The van der Waals surface area contributed by atoms with E-state index in [4.69, 9.17) is 28.8 Å². The van der Waals surface area contributed by atoms with Crippen LogP contribution in [-0.4, -0.2) is 68.5 Å². The summed E-state index contributed by atoms with van der Waals surface area (Å²) in [7, 11) is -4.61. The van der Waals surface area contributed by atoms with Crippen LogP contribution in [-0.2, 0) is 37.4 Å². The average molecular weight is 877 g/mol. The molecule has 0 aromatic heterocycles. The van der Waals surface area contributed by atoms with Gasteiger partial charge in [-0.1, -0.05) is 206 Å². The molecule has 15 heteroatoms. The molecule has 1 amide bonds. The van der Waals surface area contributed by atoms with E-state index in [2.05, 4.69) is 29.2 Å². The Morgan fingerprint density at radius 3 is 1.40 bits per heavy atom. The molecule has 1 unspecified atom stereocenters. The number of carbonyl (C=O) groups excluding carboxylic acids is 3. The molecule has 0 rings (SSSR count). The third-order valence-electron chi connectivity index (χ3n) is 10.2. The normalized spacial score (nSPS) is 12.4. The molecule has 2 atom stereocenters. The summed E-state index contributed by atoms with van der Waals surface area (Å²) < 4.78 is 38.2. The summed E-state index contributed by atoms with van der Waals surface area (Å²) in [5.41, 5.74) is 8.25. The van der Waals surface area contributed by atoms with Gasteiger partial charge in [-0.05, 0) is 18.4 Å². The van der Waals surface area contributed by atoms with Crippen LogP contribution in [0.25, 0.3) is 10.4 Å². The summed E-state index contributed by atoms with van der Waals surface area (Å²) in [6, 6.07) is 0. The number of phosphoric ester groups is 1. The first kappa shape index (κ1) is 59.7. The first-order valence-electron chi connectivity index (χ1n) is 23.6. The minimum atomic E-state index is -4.61. The highest BCUT2D eigenvalue weighted by atomic mass is 31.2. The van der Waals surface area contributed by atoms with E-state index < -0.39 is 38.6 Å². The molecule has 0 heterocycles. The molecule has 354 valence electrons. The highest BCUT2D eigenvalue weighted by Crippen LogP contribution is 2.43. The fourth-order valence-electron chi connectivity index (χ4n) is 6.70. The smallest absolute Gasteiger partial charge is 0.462 e. The topological polar surface area (TPSA) is 195 Å². The third-order valence-corrected chi connectivity index (χ3v) is 11.2. The second kappa shape index (κ2) is 46.1. The fraction of sp³-hybridized carbons (Fsp3) is 0.933. The van der Waals surface area contributed by atoms with Gasteiger partial charge >= 0.3 is 25.9 Å². The Balaban J connectivity index is 0. The van der Waals surface area contributed by atoms with Gasteiger partial charge in [-0.2, -0.15) is 0 Å². The molecule has 0 aliphatic carbocycles. The Morgan fingerprint density at radius 1 is 0.583 bits per heavy atom. The van der Waals surface area contributed by atoms with E-state index in [0.29, 0.717) is 12.8 Å². The highest BCUT2D eigenvalue weighted by molar-refractivity contribution is 7.47. The fourth-order valence-corrected chi connectivity index (χ4v) is 7.46. The lowest BCUT2D eigenvalue weighted by Gasteiger charge is -2.20. The molecule has 0 aliphatic heterocycles. The summed E-state index contributed by atoms with van der Waals surface area (Å²) in [5.74, 6) is -0.924. The third kappa shape index (κ3) is 45.2. The van der Waals surface area contributed by atoms with Crippen molar-refractivity contribution in [2.75, 3.05) is 39.5 Å². The lowest BCUT2D eigenvalue weighted by molar-refractivity contribution is -0.161. The predicted octanol–water partition coefficient (Wildman–Crippen LogP) is 13.8. The van der Waals surface area contributed by atoms with Gasteiger partial charge in [-0.25, -0.2) is 9.36 Å². The summed E-state index contributed by atoms with van der Waals surface area (Å²) in [6.07, 6.45) is 35.1. The monoisotopic (exact) mass is 877 g/mol. The number of carbonyl (C=O) groups is 3. The van der Waals surface area contributed by atoms with Crippen molar-refractivity contribution in [2.45, 2.75) is 233 Å². The summed E-state index contributed by atoms with van der Waals surface area (Å²) in [4.78, 5) is 49.6. The minimum Gasteiger partial charge on any atom is -0.462 e. The first-order valence-corrected chi connectivity index (χ1v) is 25.1. The van der Waals surface area contributed by atoms with Crippen molar-refractivity contribution in [3.8, 4) is 0 Å². The average Bonchev–Trinajstić information content (AvgIpc) is 3.22. The Hall–Kier alpha value is -2.37. The van der Waals surface area contributed by atoms with Crippen LogP contribution in [0.4, 0.5) is 4.79 Å². The van der Waals surface area contributed by atoms with Crippen LogP contribution in [0.5, 0.6) is 0 Å². The number of phosphoric acid groups is 1. The Kier molecular flexibility index (Phi) is 45.9. The van der Waals surface area contributed by atoms with Gasteiger partial charge < -0.3 is 24.4 Å². The van der Waals surface area contributed by atoms with E-state index in [0.717, 1.165) is 38.5 Å². The van der Waals surface area contributed by atoms with Crippen LogP contribution >= 0.6 is 7.82 Å². The molecule has 0 bridgehead atoms. The van der Waals surface area contributed by atoms with Gasteiger partial charge in [0, 0.05) is 24.3 Å². The zero-order chi connectivity index (χ0) is 43.3. The maximum Gasteiger partial charge on any atom is 0.472 e. The van der Waals surface area contributed by atoms with Crippen molar-refractivity contribution >= 4 is 25.9 Å². The number of ether oxygens (including phenoxy) is 3. The number of unbranched alkanes of at least 4 members (excludes halogenated alkanes) is 28. The number of esters is 2. The van der Waals surface area contributed by atoms with Gasteiger partial charge in [0.05, 0.1) is 26.4 Å². The van der Waals surface area contributed by atoms with Crippen LogP contribution in [0, 0.1) is 0 Å². The quantitative estimate of drug-likeness (QED) is 0.0113. The van der Waals surface area contributed by atoms with Gasteiger partial charge in [0.25, 0.3) is 0 Å². The van der Waals surface area contributed by atoms with Crippen LogP contribution < -0.4 is 5.32 Å². The van der Waals surface area contributed by atoms with E-state index in [1.165, 1.54) is 141 Å². The number of hydrogen-bond donors (Lipinski definition) is 2. The van der Waals surface area contributed by atoms with Crippen molar-refractivity contribution in [2.24, 2.45) is 5.11 Å².